The molecule has 0 aliphatic carbocycles. The standard InChI is InChI=1S/C14H20O5/c1-8(9(2)14(16)17)13(15)10-5-6-11(18-3)12(7-10)19-4/h5-9,13,15H,1-4H3,(H,16,17). The van der Waals surface area contributed by atoms with Crippen LogP contribution in [0.25, 0.3) is 0 Å². The molecular weight excluding hydrogens is 248 g/mol. The second kappa shape index (κ2) is 6.43. The van der Waals surface area contributed by atoms with Crippen molar-refractivity contribution in [3.8, 4) is 11.5 Å². The second-order valence-electron chi connectivity index (χ2n) is 4.55. The third-order valence-electron chi connectivity index (χ3n) is 3.43. The van der Waals surface area contributed by atoms with E-state index in [4.69, 9.17) is 14.6 Å². The lowest BCUT2D eigenvalue weighted by Gasteiger charge is -2.23. The van der Waals surface area contributed by atoms with Gasteiger partial charge < -0.3 is 19.7 Å². The van der Waals surface area contributed by atoms with E-state index in [0.29, 0.717) is 17.1 Å². The van der Waals surface area contributed by atoms with E-state index in [2.05, 4.69) is 0 Å². The summed E-state index contributed by atoms with van der Waals surface area (Å²) in [6.07, 6.45) is -0.870. The van der Waals surface area contributed by atoms with Crippen LogP contribution in [0.15, 0.2) is 18.2 Å². The Morgan fingerprint density at radius 2 is 1.74 bits per heavy atom. The van der Waals surface area contributed by atoms with E-state index in [-0.39, 0.29) is 0 Å². The van der Waals surface area contributed by atoms with E-state index in [1.165, 1.54) is 14.2 Å². The molecule has 0 amide bonds. The van der Waals surface area contributed by atoms with Crippen LogP contribution in [-0.4, -0.2) is 30.4 Å². The summed E-state index contributed by atoms with van der Waals surface area (Å²) in [5, 5.41) is 19.2. The van der Waals surface area contributed by atoms with Crippen LogP contribution in [0.1, 0.15) is 25.5 Å². The van der Waals surface area contributed by atoms with Gasteiger partial charge in [0.2, 0.25) is 0 Å². The number of hydrogen-bond donors (Lipinski definition) is 2. The van der Waals surface area contributed by atoms with Gasteiger partial charge in [-0.15, -0.1) is 0 Å². The summed E-state index contributed by atoms with van der Waals surface area (Å²) < 4.78 is 10.3. The average molecular weight is 268 g/mol. The fraction of sp³-hybridized carbons (Fsp3) is 0.500. The number of aliphatic carboxylic acids is 1. The predicted octanol–water partition coefficient (Wildman–Crippen LogP) is 2.09. The average Bonchev–Trinajstić information content (AvgIpc) is 2.43. The zero-order chi connectivity index (χ0) is 14.6. The first-order valence-corrected chi connectivity index (χ1v) is 6.05. The quantitative estimate of drug-likeness (QED) is 0.826. The van der Waals surface area contributed by atoms with Crippen LogP contribution in [0, 0.1) is 11.8 Å². The number of rotatable bonds is 6. The van der Waals surface area contributed by atoms with Gasteiger partial charge in [-0.05, 0) is 23.6 Å². The molecule has 0 bridgehead atoms. The lowest BCUT2D eigenvalue weighted by molar-refractivity contribution is -0.144. The molecule has 106 valence electrons. The second-order valence-corrected chi connectivity index (χ2v) is 4.55. The van der Waals surface area contributed by atoms with E-state index in [1.807, 2.05) is 0 Å². The summed E-state index contributed by atoms with van der Waals surface area (Å²) in [7, 11) is 3.04. The van der Waals surface area contributed by atoms with Crippen LogP contribution in [0.4, 0.5) is 0 Å². The molecule has 0 heterocycles. The van der Waals surface area contributed by atoms with Gasteiger partial charge in [-0.3, -0.25) is 4.79 Å². The summed E-state index contributed by atoms with van der Waals surface area (Å²) in [5.74, 6) is -0.891. The Hall–Kier alpha value is -1.75. The van der Waals surface area contributed by atoms with Gasteiger partial charge in [0.05, 0.1) is 26.2 Å². The molecule has 3 unspecified atom stereocenters. The Morgan fingerprint density at radius 3 is 2.21 bits per heavy atom. The van der Waals surface area contributed by atoms with Gasteiger partial charge in [-0.1, -0.05) is 19.9 Å². The van der Waals surface area contributed by atoms with Crippen molar-refractivity contribution in [1.29, 1.82) is 0 Å². The molecule has 0 spiro atoms. The smallest absolute Gasteiger partial charge is 0.306 e. The molecule has 0 saturated heterocycles. The molecular formula is C14H20O5. The molecule has 19 heavy (non-hydrogen) atoms. The number of carboxylic acid groups (broad SMARTS) is 1. The molecule has 0 aliphatic heterocycles. The van der Waals surface area contributed by atoms with Gasteiger partial charge in [-0.2, -0.15) is 0 Å². The van der Waals surface area contributed by atoms with Crippen molar-refractivity contribution in [2.75, 3.05) is 14.2 Å². The van der Waals surface area contributed by atoms with Crippen molar-refractivity contribution < 1.29 is 24.5 Å². The summed E-state index contributed by atoms with van der Waals surface area (Å²) in [6.45, 7) is 3.29. The maximum Gasteiger partial charge on any atom is 0.306 e. The van der Waals surface area contributed by atoms with Gasteiger partial charge >= 0.3 is 5.97 Å². The third kappa shape index (κ3) is 3.38. The Balaban J connectivity index is 2.99. The summed E-state index contributed by atoms with van der Waals surface area (Å²) in [5.41, 5.74) is 0.609. The van der Waals surface area contributed by atoms with Gasteiger partial charge in [0, 0.05) is 0 Å². The lowest BCUT2D eigenvalue weighted by atomic mass is 9.87. The zero-order valence-corrected chi connectivity index (χ0v) is 11.6. The third-order valence-corrected chi connectivity index (χ3v) is 3.43. The minimum Gasteiger partial charge on any atom is -0.493 e. The largest absolute Gasteiger partial charge is 0.493 e. The Bertz CT molecular complexity index is 443. The van der Waals surface area contributed by atoms with E-state index >= 15 is 0 Å². The van der Waals surface area contributed by atoms with Crippen LogP contribution in [0.2, 0.25) is 0 Å². The van der Waals surface area contributed by atoms with Gasteiger partial charge in [0.15, 0.2) is 11.5 Å². The highest BCUT2D eigenvalue weighted by atomic mass is 16.5. The number of hydrogen-bond acceptors (Lipinski definition) is 4. The molecule has 5 nitrogen and oxygen atoms in total. The molecule has 0 fully saturated rings. The lowest BCUT2D eigenvalue weighted by Crippen LogP contribution is -2.23. The van der Waals surface area contributed by atoms with Crippen LogP contribution >= 0.6 is 0 Å². The highest BCUT2D eigenvalue weighted by Gasteiger charge is 2.27. The fourth-order valence-corrected chi connectivity index (χ4v) is 1.84. The highest BCUT2D eigenvalue weighted by molar-refractivity contribution is 5.70. The van der Waals surface area contributed by atoms with Crippen molar-refractivity contribution in [2.45, 2.75) is 20.0 Å². The molecule has 1 aromatic carbocycles. The molecule has 0 aromatic heterocycles. The summed E-state index contributed by atoms with van der Waals surface area (Å²) >= 11 is 0. The Kier molecular flexibility index (Phi) is 5.18. The van der Waals surface area contributed by atoms with Crippen molar-refractivity contribution in [3.05, 3.63) is 23.8 Å². The molecule has 1 aromatic rings. The van der Waals surface area contributed by atoms with Crippen molar-refractivity contribution in [1.82, 2.24) is 0 Å². The van der Waals surface area contributed by atoms with E-state index in [1.54, 1.807) is 32.0 Å². The Labute approximate surface area is 112 Å². The molecule has 1 rings (SSSR count). The number of ether oxygens (including phenoxy) is 2. The number of carboxylic acids is 1. The van der Waals surface area contributed by atoms with Gasteiger partial charge in [0.25, 0.3) is 0 Å². The summed E-state index contributed by atoms with van der Waals surface area (Å²) in [6, 6.07) is 5.06. The number of methoxy groups -OCH3 is 2. The number of benzene rings is 1. The number of aliphatic hydroxyl groups excluding tert-OH is 1. The van der Waals surface area contributed by atoms with Crippen molar-refractivity contribution in [2.24, 2.45) is 11.8 Å². The molecule has 0 saturated carbocycles. The topological polar surface area (TPSA) is 76.0 Å². The van der Waals surface area contributed by atoms with E-state index < -0.39 is 23.9 Å². The number of aliphatic hydroxyl groups is 1. The molecule has 0 aliphatic rings. The van der Waals surface area contributed by atoms with Gasteiger partial charge in [-0.25, -0.2) is 0 Å². The first-order valence-electron chi connectivity index (χ1n) is 6.05. The van der Waals surface area contributed by atoms with E-state index in [9.17, 15) is 9.90 Å². The van der Waals surface area contributed by atoms with Crippen molar-refractivity contribution >= 4 is 5.97 Å². The monoisotopic (exact) mass is 268 g/mol. The Morgan fingerprint density at radius 1 is 1.16 bits per heavy atom. The zero-order valence-electron chi connectivity index (χ0n) is 11.6. The van der Waals surface area contributed by atoms with Crippen molar-refractivity contribution in [3.63, 3.8) is 0 Å². The SMILES string of the molecule is COc1ccc(C(O)C(C)C(C)C(=O)O)cc1OC. The molecule has 0 radical (unpaired) electrons. The minimum absolute atomic E-state index is 0.407. The highest BCUT2D eigenvalue weighted by Crippen LogP contribution is 2.34. The maximum absolute atomic E-state index is 10.9. The number of carbonyl (C=O) groups is 1. The van der Waals surface area contributed by atoms with Crippen LogP contribution in [0.5, 0.6) is 11.5 Å². The van der Waals surface area contributed by atoms with Gasteiger partial charge in [0.1, 0.15) is 0 Å². The maximum atomic E-state index is 10.9. The molecule has 2 N–H and O–H groups in total. The molecule has 3 atom stereocenters. The first kappa shape index (κ1) is 15.3. The fourth-order valence-electron chi connectivity index (χ4n) is 1.84. The van der Waals surface area contributed by atoms with Crippen LogP contribution in [-0.2, 0) is 4.79 Å². The normalized spacial score (nSPS) is 15.4. The van der Waals surface area contributed by atoms with Crippen LogP contribution in [0.3, 0.4) is 0 Å². The summed E-state index contributed by atoms with van der Waals surface area (Å²) in [4.78, 5) is 10.9. The van der Waals surface area contributed by atoms with Crippen LogP contribution < -0.4 is 9.47 Å². The molecule has 5 heteroatoms. The minimum atomic E-state index is -0.924. The predicted molar refractivity (Wildman–Crippen MR) is 70.5 cm³/mol. The van der Waals surface area contributed by atoms with E-state index in [0.717, 1.165) is 0 Å². The first-order chi connectivity index (χ1) is 8.92.